The van der Waals surface area contributed by atoms with Crippen LogP contribution in [-0.2, 0) is 0 Å². The van der Waals surface area contributed by atoms with Gasteiger partial charge in [-0.1, -0.05) is 0 Å². The quantitative estimate of drug-likeness (QED) is 0.863. The third-order valence-corrected chi connectivity index (χ3v) is 5.32. The lowest BCUT2D eigenvalue weighted by Crippen LogP contribution is -2.45. The van der Waals surface area contributed by atoms with E-state index in [9.17, 15) is 9.90 Å². The van der Waals surface area contributed by atoms with Crippen molar-refractivity contribution in [2.45, 2.75) is 38.1 Å². The summed E-state index contributed by atoms with van der Waals surface area (Å²) in [6.07, 6.45) is 8.96. The Bertz CT molecular complexity index is 517. The zero-order chi connectivity index (χ0) is 16.8. The van der Waals surface area contributed by atoms with Crippen molar-refractivity contribution in [2.75, 3.05) is 37.7 Å². The van der Waals surface area contributed by atoms with E-state index in [2.05, 4.69) is 27.3 Å². The standard InChI is InChI=1S/C18H28N4O2/c23-14-17-2-1-11-22(17)18(24)20-10-3-15-6-12-21(13-7-15)16-4-8-19-9-5-16/h4-5,8-9,15,17,23H,1-3,6-7,10-14H2,(H,20,24). The largest absolute Gasteiger partial charge is 0.394 e. The van der Waals surface area contributed by atoms with Crippen molar-refractivity contribution in [1.29, 1.82) is 0 Å². The average molecular weight is 332 g/mol. The maximum absolute atomic E-state index is 12.2. The molecule has 1 aromatic rings. The highest BCUT2D eigenvalue weighted by molar-refractivity contribution is 5.74. The van der Waals surface area contributed by atoms with Gasteiger partial charge in [0.15, 0.2) is 0 Å². The molecular weight excluding hydrogens is 304 g/mol. The van der Waals surface area contributed by atoms with Gasteiger partial charge in [0.2, 0.25) is 0 Å². The molecule has 2 N–H and O–H groups in total. The van der Waals surface area contributed by atoms with Crippen LogP contribution in [0, 0.1) is 5.92 Å². The normalized spacial score (nSPS) is 22.0. The smallest absolute Gasteiger partial charge is 0.317 e. The summed E-state index contributed by atoms with van der Waals surface area (Å²) in [5.74, 6) is 0.676. The van der Waals surface area contributed by atoms with Crippen LogP contribution >= 0.6 is 0 Å². The first kappa shape index (κ1) is 17.0. The zero-order valence-corrected chi connectivity index (χ0v) is 14.2. The van der Waals surface area contributed by atoms with E-state index in [4.69, 9.17) is 0 Å². The van der Waals surface area contributed by atoms with E-state index >= 15 is 0 Å². The summed E-state index contributed by atoms with van der Waals surface area (Å²) in [6.45, 7) is 3.71. The maximum Gasteiger partial charge on any atom is 0.317 e. The zero-order valence-electron chi connectivity index (χ0n) is 14.2. The minimum atomic E-state index is -0.0132. The molecular formula is C18H28N4O2. The third-order valence-electron chi connectivity index (χ3n) is 5.32. The molecule has 0 saturated carbocycles. The molecule has 3 heterocycles. The molecule has 0 aromatic carbocycles. The lowest BCUT2D eigenvalue weighted by molar-refractivity contribution is 0.156. The molecule has 1 unspecified atom stereocenters. The fourth-order valence-corrected chi connectivity index (χ4v) is 3.81. The summed E-state index contributed by atoms with van der Waals surface area (Å²) < 4.78 is 0. The number of rotatable bonds is 5. The lowest BCUT2D eigenvalue weighted by atomic mass is 9.93. The van der Waals surface area contributed by atoms with Crippen LogP contribution in [0.25, 0.3) is 0 Å². The number of carbonyl (C=O) groups is 1. The number of piperidine rings is 1. The molecule has 0 radical (unpaired) electrons. The van der Waals surface area contributed by atoms with Crippen LogP contribution in [0.3, 0.4) is 0 Å². The Kier molecular flexibility index (Phi) is 5.91. The van der Waals surface area contributed by atoms with Crippen LogP contribution in [0.2, 0.25) is 0 Å². The van der Waals surface area contributed by atoms with Gasteiger partial charge < -0.3 is 20.2 Å². The number of hydrogen-bond donors (Lipinski definition) is 2. The third kappa shape index (κ3) is 4.17. The van der Waals surface area contributed by atoms with Crippen molar-refractivity contribution < 1.29 is 9.90 Å². The number of nitrogens with zero attached hydrogens (tertiary/aromatic N) is 3. The van der Waals surface area contributed by atoms with Gasteiger partial charge in [-0.2, -0.15) is 0 Å². The monoisotopic (exact) mass is 332 g/mol. The molecule has 0 bridgehead atoms. The predicted molar refractivity (Wildman–Crippen MR) is 94.0 cm³/mol. The fraction of sp³-hybridized carbons (Fsp3) is 0.667. The molecule has 132 valence electrons. The summed E-state index contributed by atoms with van der Waals surface area (Å²) in [4.78, 5) is 20.4. The first-order chi connectivity index (χ1) is 11.8. The van der Waals surface area contributed by atoms with Crippen LogP contribution in [0.4, 0.5) is 10.5 Å². The second-order valence-corrected chi connectivity index (χ2v) is 6.83. The van der Waals surface area contributed by atoms with Gasteiger partial charge in [-0.05, 0) is 50.2 Å². The molecule has 24 heavy (non-hydrogen) atoms. The molecule has 2 amide bonds. The molecule has 0 aliphatic carbocycles. The van der Waals surface area contributed by atoms with E-state index in [1.807, 2.05) is 12.4 Å². The van der Waals surface area contributed by atoms with Crippen LogP contribution in [0.15, 0.2) is 24.5 Å². The Hall–Kier alpha value is -1.82. The van der Waals surface area contributed by atoms with Gasteiger partial charge in [-0.3, -0.25) is 4.98 Å². The van der Waals surface area contributed by atoms with Crippen molar-refractivity contribution in [3.05, 3.63) is 24.5 Å². The summed E-state index contributed by atoms with van der Waals surface area (Å²) in [6, 6.07) is 4.12. The molecule has 1 atom stereocenters. The number of pyridine rings is 1. The van der Waals surface area contributed by atoms with Crippen molar-refractivity contribution in [2.24, 2.45) is 5.92 Å². The van der Waals surface area contributed by atoms with Crippen LogP contribution in [0.1, 0.15) is 32.1 Å². The van der Waals surface area contributed by atoms with Crippen molar-refractivity contribution in [1.82, 2.24) is 15.2 Å². The number of anilines is 1. The fourth-order valence-electron chi connectivity index (χ4n) is 3.81. The topological polar surface area (TPSA) is 68.7 Å². The van der Waals surface area contributed by atoms with E-state index < -0.39 is 0 Å². The Morgan fingerprint density at radius 3 is 2.67 bits per heavy atom. The van der Waals surface area contributed by atoms with Gasteiger partial charge in [0.1, 0.15) is 0 Å². The van der Waals surface area contributed by atoms with Crippen molar-refractivity contribution in [3.63, 3.8) is 0 Å². The molecule has 1 aromatic heterocycles. The molecule has 0 spiro atoms. The van der Waals surface area contributed by atoms with Gasteiger partial charge in [0, 0.05) is 44.3 Å². The van der Waals surface area contributed by atoms with Gasteiger partial charge >= 0.3 is 6.03 Å². The number of aliphatic hydroxyl groups is 1. The Morgan fingerprint density at radius 1 is 1.21 bits per heavy atom. The van der Waals surface area contributed by atoms with E-state index in [1.54, 1.807) is 4.90 Å². The van der Waals surface area contributed by atoms with Gasteiger partial charge in [-0.25, -0.2) is 4.79 Å². The number of aliphatic hydroxyl groups excluding tert-OH is 1. The highest BCUT2D eigenvalue weighted by atomic mass is 16.3. The number of likely N-dealkylation sites (tertiary alicyclic amines) is 1. The van der Waals surface area contributed by atoms with E-state index in [-0.39, 0.29) is 18.7 Å². The number of nitrogens with one attached hydrogen (secondary N) is 1. The lowest BCUT2D eigenvalue weighted by Gasteiger charge is -2.33. The molecule has 2 fully saturated rings. The van der Waals surface area contributed by atoms with Gasteiger partial charge in [-0.15, -0.1) is 0 Å². The van der Waals surface area contributed by atoms with Gasteiger partial charge in [0.05, 0.1) is 12.6 Å². The second-order valence-electron chi connectivity index (χ2n) is 6.83. The van der Waals surface area contributed by atoms with Crippen LogP contribution in [0.5, 0.6) is 0 Å². The first-order valence-corrected chi connectivity index (χ1v) is 9.08. The molecule has 3 rings (SSSR count). The molecule has 2 aliphatic heterocycles. The molecule has 2 aliphatic rings. The minimum absolute atomic E-state index is 0.00796. The Labute approximate surface area is 143 Å². The highest BCUT2D eigenvalue weighted by Crippen LogP contribution is 2.24. The van der Waals surface area contributed by atoms with Gasteiger partial charge in [0.25, 0.3) is 0 Å². The number of hydrogen-bond acceptors (Lipinski definition) is 4. The predicted octanol–water partition coefficient (Wildman–Crippen LogP) is 1.85. The number of amides is 2. The van der Waals surface area contributed by atoms with Crippen molar-refractivity contribution in [3.8, 4) is 0 Å². The summed E-state index contributed by atoms with van der Waals surface area (Å²) in [5, 5.41) is 12.3. The highest BCUT2D eigenvalue weighted by Gasteiger charge is 2.28. The summed E-state index contributed by atoms with van der Waals surface area (Å²) in [5.41, 5.74) is 1.25. The van der Waals surface area contributed by atoms with E-state index in [0.29, 0.717) is 5.92 Å². The van der Waals surface area contributed by atoms with E-state index in [0.717, 1.165) is 45.4 Å². The molecule has 6 nitrogen and oxygen atoms in total. The Morgan fingerprint density at radius 2 is 1.96 bits per heavy atom. The van der Waals surface area contributed by atoms with Crippen molar-refractivity contribution >= 4 is 11.7 Å². The SMILES string of the molecule is O=C(NCCC1CCN(c2ccncc2)CC1)N1CCCC1CO. The first-order valence-electron chi connectivity index (χ1n) is 9.08. The number of aromatic nitrogens is 1. The summed E-state index contributed by atoms with van der Waals surface area (Å²) in [7, 11) is 0. The second kappa shape index (κ2) is 8.33. The molecule has 2 saturated heterocycles. The number of urea groups is 1. The van der Waals surface area contributed by atoms with Crippen LogP contribution < -0.4 is 10.2 Å². The van der Waals surface area contributed by atoms with Crippen LogP contribution in [-0.4, -0.2) is 59.8 Å². The minimum Gasteiger partial charge on any atom is -0.394 e. The molecule has 6 heteroatoms. The number of carbonyl (C=O) groups excluding carboxylic acids is 1. The van der Waals surface area contributed by atoms with E-state index in [1.165, 1.54) is 18.5 Å². The average Bonchev–Trinajstić information content (AvgIpc) is 3.12. The summed E-state index contributed by atoms with van der Waals surface area (Å²) >= 11 is 0. The maximum atomic E-state index is 12.2. The Balaban J connectivity index is 1.36.